The molecular weight excluding hydrogens is 278 g/mol. The van der Waals surface area contributed by atoms with Crippen molar-refractivity contribution in [3.63, 3.8) is 0 Å². The Morgan fingerprint density at radius 1 is 1.23 bits per heavy atom. The molecule has 2 fully saturated rings. The Morgan fingerprint density at radius 3 is 2.64 bits per heavy atom. The Morgan fingerprint density at radius 2 is 1.95 bits per heavy atom. The Bertz CT molecular complexity index is 528. The average molecular weight is 303 g/mol. The average Bonchev–Trinajstić information content (AvgIpc) is 3.32. The van der Waals surface area contributed by atoms with E-state index in [1.54, 1.807) is 7.11 Å². The van der Waals surface area contributed by atoms with Crippen LogP contribution in [0.5, 0.6) is 5.75 Å². The van der Waals surface area contributed by atoms with Crippen LogP contribution in [0.4, 0.5) is 0 Å². The number of rotatable bonds is 3. The van der Waals surface area contributed by atoms with Gasteiger partial charge in [0.15, 0.2) is 0 Å². The van der Waals surface area contributed by atoms with Crippen LogP contribution in [0, 0.1) is 5.92 Å². The number of hydrogen-bond donors (Lipinski definition) is 0. The molecule has 1 amide bonds. The Hall–Kier alpha value is -1.55. The van der Waals surface area contributed by atoms with Crippen LogP contribution in [0.2, 0.25) is 0 Å². The smallest absolute Gasteiger partial charge is 0.226 e. The summed E-state index contributed by atoms with van der Waals surface area (Å²) in [5.74, 6) is 1.68. The molecule has 1 aromatic rings. The number of carbonyl (C=O) groups excluding carboxylic acids is 1. The number of amides is 1. The van der Waals surface area contributed by atoms with E-state index in [0.29, 0.717) is 11.8 Å². The van der Waals surface area contributed by atoms with E-state index in [1.165, 1.54) is 5.56 Å². The first-order valence-corrected chi connectivity index (χ1v) is 8.16. The SMILES string of the molecule is COc1ccc([C@@H]2C[C@H]2C(=O)N2CC[C@@H](C)O[C@@H](C)C2)cc1. The highest BCUT2D eigenvalue weighted by atomic mass is 16.5. The molecule has 1 saturated carbocycles. The van der Waals surface area contributed by atoms with Gasteiger partial charge in [0, 0.05) is 19.0 Å². The highest BCUT2D eigenvalue weighted by molar-refractivity contribution is 5.83. The molecule has 4 nitrogen and oxygen atoms in total. The summed E-state index contributed by atoms with van der Waals surface area (Å²) in [6.07, 6.45) is 2.26. The Labute approximate surface area is 132 Å². The second-order valence-corrected chi connectivity index (χ2v) is 6.55. The van der Waals surface area contributed by atoms with Crippen LogP contribution in [0.15, 0.2) is 24.3 Å². The molecule has 0 N–H and O–H groups in total. The zero-order valence-electron chi connectivity index (χ0n) is 13.6. The van der Waals surface area contributed by atoms with Crippen molar-refractivity contribution in [2.24, 2.45) is 5.92 Å². The van der Waals surface area contributed by atoms with Crippen LogP contribution in [-0.4, -0.2) is 43.2 Å². The monoisotopic (exact) mass is 303 g/mol. The molecule has 120 valence electrons. The molecule has 1 aliphatic heterocycles. The zero-order chi connectivity index (χ0) is 15.7. The van der Waals surface area contributed by atoms with Gasteiger partial charge < -0.3 is 14.4 Å². The molecule has 1 heterocycles. The first-order valence-electron chi connectivity index (χ1n) is 8.16. The quantitative estimate of drug-likeness (QED) is 0.862. The van der Waals surface area contributed by atoms with Crippen molar-refractivity contribution >= 4 is 5.91 Å². The van der Waals surface area contributed by atoms with Crippen molar-refractivity contribution in [3.05, 3.63) is 29.8 Å². The molecule has 3 rings (SSSR count). The summed E-state index contributed by atoms with van der Waals surface area (Å²) in [7, 11) is 1.67. The van der Waals surface area contributed by atoms with E-state index in [1.807, 2.05) is 17.0 Å². The second kappa shape index (κ2) is 6.29. The lowest BCUT2D eigenvalue weighted by Crippen LogP contribution is -2.37. The molecule has 1 aromatic carbocycles. The van der Waals surface area contributed by atoms with Gasteiger partial charge in [-0.2, -0.15) is 0 Å². The normalized spacial score (nSPS) is 31.5. The number of nitrogens with zero attached hydrogens (tertiary/aromatic N) is 1. The largest absolute Gasteiger partial charge is 0.497 e. The number of hydrogen-bond acceptors (Lipinski definition) is 3. The van der Waals surface area contributed by atoms with E-state index in [4.69, 9.17) is 9.47 Å². The predicted molar refractivity (Wildman–Crippen MR) is 85.0 cm³/mol. The number of methoxy groups -OCH3 is 1. The number of carbonyl (C=O) groups is 1. The first kappa shape index (κ1) is 15.3. The van der Waals surface area contributed by atoms with Crippen molar-refractivity contribution < 1.29 is 14.3 Å². The van der Waals surface area contributed by atoms with Crippen LogP contribution >= 0.6 is 0 Å². The van der Waals surface area contributed by atoms with Crippen LogP contribution in [0.3, 0.4) is 0 Å². The van der Waals surface area contributed by atoms with Gasteiger partial charge in [0.05, 0.1) is 19.3 Å². The molecule has 4 heteroatoms. The summed E-state index contributed by atoms with van der Waals surface area (Å²) < 4.78 is 11.0. The molecule has 4 atom stereocenters. The molecule has 0 aromatic heterocycles. The van der Waals surface area contributed by atoms with E-state index in [-0.39, 0.29) is 18.1 Å². The van der Waals surface area contributed by atoms with Gasteiger partial charge >= 0.3 is 0 Å². The standard InChI is InChI=1S/C18H25NO3/c1-12-8-9-19(11-13(2)22-12)18(20)17-10-16(17)14-4-6-15(21-3)7-5-14/h4-7,12-13,16-17H,8-11H2,1-3H3/t12-,13+,16+,17-/m1/s1. The maximum Gasteiger partial charge on any atom is 0.226 e. The molecule has 0 unspecified atom stereocenters. The number of benzene rings is 1. The maximum atomic E-state index is 12.7. The van der Waals surface area contributed by atoms with Gasteiger partial charge in [-0.05, 0) is 50.3 Å². The highest BCUT2D eigenvalue weighted by Crippen LogP contribution is 2.48. The van der Waals surface area contributed by atoms with Gasteiger partial charge in [-0.15, -0.1) is 0 Å². The lowest BCUT2D eigenvalue weighted by Gasteiger charge is -2.22. The minimum absolute atomic E-state index is 0.125. The zero-order valence-corrected chi connectivity index (χ0v) is 13.6. The predicted octanol–water partition coefficient (Wildman–Crippen LogP) is 2.82. The van der Waals surface area contributed by atoms with Crippen LogP contribution < -0.4 is 4.74 Å². The van der Waals surface area contributed by atoms with Gasteiger partial charge in [0.1, 0.15) is 5.75 Å². The molecule has 1 aliphatic carbocycles. The van der Waals surface area contributed by atoms with E-state index >= 15 is 0 Å². The third-order valence-electron chi connectivity index (χ3n) is 4.71. The van der Waals surface area contributed by atoms with Gasteiger partial charge in [-0.25, -0.2) is 0 Å². The topological polar surface area (TPSA) is 38.8 Å². The van der Waals surface area contributed by atoms with E-state index in [9.17, 15) is 4.79 Å². The summed E-state index contributed by atoms with van der Waals surface area (Å²) in [6, 6.07) is 8.09. The molecule has 0 radical (unpaired) electrons. The Balaban J connectivity index is 1.62. The maximum absolute atomic E-state index is 12.7. The summed E-state index contributed by atoms with van der Waals surface area (Å²) in [5.41, 5.74) is 1.24. The van der Waals surface area contributed by atoms with E-state index in [2.05, 4.69) is 26.0 Å². The fourth-order valence-electron chi connectivity index (χ4n) is 3.37. The summed E-state index contributed by atoms with van der Waals surface area (Å²) in [5, 5.41) is 0. The molecule has 1 saturated heterocycles. The minimum atomic E-state index is 0.125. The Kier molecular flexibility index (Phi) is 4.39. The van der Waals surface area contributed by atoms with Crippen molar-refractivity contribution in [1.29, 1.82) is 0 Å². The third kappa shape index (κ3) is 3.27. The molecule has 2 aliphatic rings. The van der Waals surface area contributed by atoms with Crippen LogP contribution in [-0.2, 0) is 9.53 Å². The molecule has 0 spiro atoms. The van der Waals surface area contributed by atoms with Gasteiger partial charge in [0.25, 0.3) is 0 Å². The van der Waals surface area contributed by atoms with Crippen molar-refractivity contribution in [1.82, 2.24) is 4.90 Å². The van der Waals surface area contributed by atoms with E-state index in [0.717, 1.165) is 31.7 Å². The summed E-state index contributed by atoms with van der Waals surface area (Å²) in [6.45, 7) is 5.67. The lowest BCUT2D eigenvalue weighted by molar-refractivity contribution is -0.133. The third-order valence-corrected chi connectivity index (χ3v) is 4.71. The first-order chi connectivity index (χ1) is 10.6. The molecule has 0 bridgehead atoms. The van der Waals surface area contributed by atoms with Gasteiger partial charge in [0.2, 0.25) is 5.91 Å². The van der Waals surface area contributed by atoms with Crippen molar-refractivity contribution in [2.75, 3.05) is 20.2 Å². The summed E-state index contributed by atoms with van der Waals surface area (Å²) >= 11 is 0. The van der Waals surface area contributed by atoms with Gasteiger partial charge in [-0.3, -0.25) is 4.79 Å². The number of ether oxygens (including phenoxy) is 2. The molecular formula is C18H25NO3. The van der Waals surface area contributed by atoms with Gasteiger partial charge in [-0.1, -0.05) is 12.1 Å². The molecule has 22 heavy (non-hydrogen) atoms. The summed E-state index contributed by atoms with van der Waals surface area (Å²) in [4.78, 5) is 14.7. The van der Waals surface area contributed by atoms with Crippen molar-refractivity contribution in [3.8, 4) is 5.75 Å². The fraction of sp³-hybridized carbons (Fsp3) is 0.611. The van der Waals surface area contributed by atoms with E-state index < -0.39 is 0 Å². The second-order valence-electron chi connectivity index (χ2n) is 6.55. The van der Waals surface area contributed by atoms with Crippen LogP contribution in [0.1, 0.15) is 38.2 Å². The minimum Gasteiger partial charge on any atom is -0.497 e. The van der Waals surface area contributed by atoms with Crippen LogP contribution in [0.25, 0.3) is 0 Å². The highest BCUT2D eigenvalue weighted by Gasteiger charge is 2.46. The van der Waals surface area contributed by atoms with Crippen molar-refractivity contribution in [2.45, 2.75) is 44.8 Å². The fourth-order valence-corrected chi connectivity index (χ4v) is 3.37. The lowest BCUT2D eigenvalue weighted by atomic mass is 10.1.